The van der Waals surface area contributed by atoms with Crippen molar-refractivity contribution < 1.29 is 4.79 Å². The van der Waals surface area contributed by atoms with E-state index in [1.165, 1.54) is 24.6 Å². The molecule has 0 saturated heterocycles. The van der Waals surface area contributed by atoms with Crippen LogP contribution in [0.4, 0.5) is 23.1 Å². The Balaban J connectivity index is 1.63. The number of rotatable bonds is 7. The van der Waals surface area contributed by atoms with E-state index in [-0.39, 0.29) is 5.56 Å². The van der Waals surface area contributed by atoms with Gasteiger partial charge >= 0.3 is 0 Å². The van der Waals surface area contributed by atoms with E-state index in [0.717, 1.165) is 23.7 Å². The van der Waals surface area contributed by atoms with Crippen LogP contribution in [-0.2, 0) is 13.5 Å². The molecule has 27 heavy (non-hydrogen) atoms. The van der Waals surface area contributed by atoms with Gasteiger partial charge in [-0.25, -0.2) is 4.98 Å². The average Bonchev–Trinajstić information content (AvgIpc) is 3.37. The zero-order valence-corrected chi connectivity index (χ0v) is 15.0. The molecule has 8 nitrogen and oxygen atoms in total. The highest BCUT2D eigenvalue weighted by Crippen LogP contribution is 2.35. The molecule has 8 heteroatoms. The number of hydrogen-bond donors (Lipinski definition) is 3. The summed E-state index contributed by atoms with van der Waals surface area (Å²) in [6, 6.07) is 8.06. The van der Waals surface area contributed by atoms with Crippen LogP contribution in [0.3, 0.4) is 0 Å². The molecule has 0 bridgehead atoms. The minimum Gasteiger partial charge on any atom is -0.365 e. The fraction of sp³-hybridized carbons (Fsp3) is 0.263. The number of carbonyl (C=O) groups is 1. The third-order valence-corrected chi connectivity index (χ3v) is 4.49. The van der Waals surface area contributed by atoms with Gasteiger partial charge < -0.3 is 16.4 Å². The monoisotopic (exact) mass is 363 g/mol. The molecule has 0 spiro atoms. The van der Waals surface area contributed by atoms with E-state index in [0.29, 0.717) is 11.8 Å². The fourth-order valence-electron chi connectivity index (χ4n) is 2.91. The molecule has 0 radical (unpaired) electrons. The van der Waals surface area contributed by atoms with E-state index in [4.69, 9.17) is 5.73 Å². The van der Waals surface area contributed by atoms with Gasteiger partial charge in [-0.1, -0.05) is 18.2 Å². The predicted octanol–water partition coefficient (Wildman–Crippen LogP) is 2.75. The van der Waals surface area contributed by atoms with Gasteiger partial charge in [-0.2, -0.15) is 10.1 Å². The van der Waals surface area contributed by atoms with Gasteiger partial charge in [0.2, 0.25) is 5.95 Å². The van der Waals surface area contributed by atoms with Gasteiger partial charge in [-0.05, 0) is 36.8 Å². The molecule has 2 heterocycles. The van der Waals surface area contributed by atoms with Gasteiger partial charge in [0.05, 0.1) is 11.9 Å². The maximum Gasteiger partial charge on any atom is 0.254 e. The number of nitrogens with two attached hydrogens (primary N) is 1. The Morgan fingerprint density at radius 3 is 2.78 bits per heavy atom. The topological polar surface area (TPSA) is 111 Å². The molecule has 0 aliphatic heterocycles. The van der Waals surface area contributed by atoms with E-state index < -0.39 is 5.91 Å². The number of hydrogen-bond acceptors (Lipinski definition) is 6. The van der Waals surface area contributed by atoms with Gasteiger partial charge in [0.25, 0.3) is 5.91 Å². The molecular weight excluding hydrogens is 342 g/mol. The van der Waals surface area contributed by atoms with Crippen LogP contribution in [0.5, 0.6) is 0 Å². The molecule has 0 unspecified atom stereocenters. The Kier molecular flexibility index (Phi) is 4.45. The summed E-state index contributed by atoms with van der Waals surface area (Å²) < 4.78 is 1.67. The maximum atomic E-state index is 11.8. The van der Waals surface area contributed by atoms with Crippen molar-refractivity contribution in [3.63, 3.8) is 0 Å². The highest BCUT2D eigenvalue weighted by Gasteiger charge is 2.23. The van der Waals surface area contributed by atoms with Gasteiger partial charge in [-0.3, -0.25) is 9.48 Å². The summed E-state index contributed by atoms with van der Waals surface area (Å²) >= 11 is 0. The second-order valence-electron chi connectivity index (χ2n) is 6.78. The third-order valence-electron chi connectivity index (χ3n) is 4.49. The van der Waals surface area contributed by atoms with Crippen LogP contribution in [0.15, 0.2) is 42.9 Å². The molecule has 1 saturated carbocycles. The summed E-state index contributed by atoms with van der Waals surface area (Å²) in [6.45, 7) is 0. The first kappa shape index (κ1) is 17.0. The molecule has 1 aliphatic rings. The van der Waals surface area contributed by atoms with Crippen LogP contribution < -0.4 is 16.4 Å². The number of nitrogens with zero attached hydrogens (tertiary/aromatic N) is 4. The number of nitrogens with one attached hydrogen (secondary N) is 2. The largest absolute Gasteiger partial charge is 0.365 e. The van der Waals surface area contributed by atoms with Crippen molar-refractivity contribution in [1.82, 2.24) is 19.7 Å². The van der Waals surface area contributed by atoms with Gasteiger partial charge in [0.15, 0.2) is 0 Å². The van der Waals surface area contributed by atoms with E-state index in [1.807, 2.05) is 31.4 Å². The number of benzene rings is 1. The first-order chi connectivity index (χ1) is 13.1. The zero-order chi connectivity index (χ0) is 18.8. The van der Waals surface area contributed by atoms with Crippen molar-refractivity contribution in [1.29, 1.82) is 0 Å². The normalized spacial score (nSPS) is 13.4. The van der Waals surface area contributed by atoms with Crippen LogP contribution in [-0.4, -0.2) is 25.7 Å². The summed E-state index contributed by atoms with van der Waals surface area (Å²) in [4.78, 5) is 20.5. The second-order valence-corrected chi connectivity index (χ2v) is 6.78. The van der Waals surface area contributed by atoms with Crippen molar-refractivity contribution in [2.45, 2.75) is 19.3 Å². The van der Waals surface area contributed by atoms with E-state index in [9.17, 15) is 4.79 Å². The molecular formula is C19H21N7O. The van der Waals surface area contributed by atoms with Crippen molar-refractivity contribution in [2.75, 3.05) is 10.6 Å². The summed E-state index contributed by atoms with van der Waals surface area (Å²) in [7, 11) is 1.83. The van der Waals surface area contributed by atoms with Crippen LogP contribution in [0.25, 0.3) is 0 Å². The van der Waals surface area contributed by atoms with Crippen LogP contribution in [0.2, 0.25) is 0 Å². The number of aryl methyl sites for hydroxylation is 1. The molecule has 0 atom stereocenters. The Morgan fingerprint density at radius 2 is 2.07 bits per heavy atom. The Hall–Kier alpha value is -3.42. The molecule has 4 N–H and O–H groups in total. The van der Waals surface area contributed by atoms with Crippen molar-refractivity contribution in [2.24, 2.45) is 18.7 Å². The smallest absolute Gasteiger partial charge is 0.254 e. The van der Waals surface area contributed by atoms with Crippen molar-refractivity contribution in [3.8, 4) is 0 Å². The molecule has 4 rings (SSSR count). The quantitative estimate of drug-likeness (QED) is 0.595. The molecule has 3 aromatic rings. The number of amides is 1. The van der Waals surface area contributed by atoms with Crippen LogP contribution in [0.1, 0.15) is 28.8 Å². The summed E-state index contributed by atoms with van der Waals surface area (Å²) in [5.41, 5.74) is 8.64. The predicted molar refractivity (Wildman–Crippen MR) is 103 cm³/mol. The molecule has 1 fully saturated rings. The Morgan fingerprint density at radius 1 is 1.26 bits per heavy atom. The number of aromatic nitrogens is 4. The first-order valence-electron chi connectivity index (χ1n) is 8.86. The highest BCUT2D eigenvalue weighted by molar-refractivity contribution is 5.98. The van der Waals surface area contributed by atoms with Gasteiger partial charge in [0, 0.05) is 25.1 Å². The van der Waals surface area contributed by atoms with E-state index in [2.05, 4.69) is 31.8 Å². The third kappa shape index (κ3) is 4.05. The summed E-state index contributed by atoms with van der Waals surface area (Å²) in [5.74, 6) is 0.907. The number of anilines is 4. The molecule has 1 aromatic carbocycles. The van der Waals surface area contributed by atoms with Gasteiger partial charge in [0.1, 0.15) is 11.4 Å². The number of carbonyl (C=O) groups excluding carboxylic acids is 1. The lowest BCUT2D eigenvalue weighted by Crippen LogP contribution is -2.16. The summed E-state index contributed by atoms with van der Waals surface area (Å²) in [5, 5.41) is 10.5. The van der Waals surface area contributed by atoms with Crippen molar-refractivity contribution >= 4 is 29.0 Å². The Labute approximate surface area is 156 Å². The highest BCUT2D eigenvalue weighted by atomic mass is 16.1. The SMILES string of the molecule is Cn1cc(Nc2ncc(C(N)=O)c(Nc3ccccc3CC3CC3)n2)cn1. The lowest BCUT2D eigenvalue weighted by molar-refractivity contribution is 0.100. The molecule has 138 valence electrons. The first-order valence-corrected chi connectivity index (χ1v) is 8.86. The standard InChI is InChI=1S/C19H21N7O/c1-26-11-14(9-22-26)23-19-21-10-15(17(20)27)18(25-19)24-16-5-3-2-4-13(16)8-12-6-7-12/h2-5,9-12H,6-8H2,1H3,(H2,20,27)(H2,21,23,24,25). The average molecular weight is 363 g/mol. The molecule has 2 aromatic heterocycles. The lowest BCUT2D eigenvalue weighted by atomic mass is 10.1. The van der Waals surface area contributed by atoms with Gasteiger partial charge in [-0.15, -0.1) is 0 Å². The van der Waals surface area contributed by atoms with Crippen molar-refractivity contribution in [3.05, 3.63) is 54.0 Å². The van der Waals surface area contributed by atoms with E-state index in [1.54, 1.807) is 10.9 Å². The van der Waals surface area contributed by atoms with Crippen LogP contribution in [0, 0.1) is 5.92 Å². The molecule has 1 aliphatic carbocycles. The molecule has 1 amide bonds. The lowest BCUT2D eigenvalue weighted by Gasteiger charge is -2.14. The minimum absolute atomic E-state index is 0.243. The second kappa shape index (κ2) is 7.06. The fourth-order valence-corrected chi connectivity index (χ4v) is 2.91. The minimum atomic E-state index is -0.579. The van der Waals surface area contributed by atoms with E-state index >= 15 is 0 Å². The number of para-hydroxylation sites is 1. The maximum absolute atomic E-state index is 11.8. The summed E-state index contributed by atoms with van der Waals surface area (Å²) in [6.07, 6.45) is 8.47. The van der Waals surface area contributed by atoms with Crippen LogP contribution >= 0.6 is 0 Å². The zero-order valence-electron chi connectivity index (χ0n) is 15.0. The Bertz CT molecular complexity index is 978. The number of primary amides is 1.